The SMILES string of the molecule is CC(C)NC(=O)[C@H](Cc1ccccc1)N(Cc1cccc(Br)c1)C(=O)CN(c1cc(Cl)cc(Cl)c1)S(=O)(=O)c1ccccc1. The van der Waals surface area contributed by atoms with Crippen LogP contribution in [0.25, 0.3) is 0 Å². The van der Waals surface area contributed by atoms with Gasteiger partial charge in [0.05, 0.1) is 10.6 Å². The molecule has 0 fully saturated rings. The van der Waals surface area contributed by atoms with Gasteiger partial charge in [0.2, 0.25) is 11.8 Å². The molecule has 0 radical (unpaired) electrons. The van der Waals surface area contributed by atoms with Crippen LogP contribution in [0.1, 0.15) is 25.0 Å². The van der Waals surface area contributed by atoms with Crippen LogP contribution in [0.5, 0.6) is 0 Å². The molecule has 0 unspecified atom stereocenters. The number of nitrogens with one attached hydrogen (secondary N) is 1. The minimum absolute atomic E-state index is 0.0131. The average Bonchev–Trinajstić information content (AvgIpc) is 2.97. The number of rotatable bonds is 12. The lowest BCUT2D eigenvalue weighted by Gasteiger charge is -2.34. The number of carbonyl (C=O) groups excluding carboxylic acids is 2. The Kier molecular flexibility index (Phi) is 11.5. The zero-order chi connectivity index (χ0) is 31.9. The molecule has 230 valence electrons. The number of benzene rings is 4. The largest absolute Gasteiger partial charge is 0.352 e. The molecule has 0 saturated heterocycles. The summed E-state index contributed by atoms with van der Waals surface area (Å²) in [6.45, 7) is 3.13. The standard InChI is InChI=1S/C33H32BrCl2N3O4S/c1-23(2)37-33(41)31(17-24-10-5-3-6-11-24)38(21-25-12-9-13-26(34)16-25)32(40)22-39(29-19-27(35)18-28(36)20-29)44(42,43)30-14-7-4-8-15-30/h3-16,18-20,23,31H,17,21-22H2,1-2H3,(H,37,41)/t31-/m0/s1. The monoisotopic (exact) mass is 715 g/mol. The third kappa shape index (κ3) is 8.85. The van der Waals surface area contributed by atoms with Crippen molar-refractivity contribution in [3.63, 3.8) is 0 Å². The molecule has 0 bridgehead atoms. The zero-order valence-corrected chi connectivity index (χ0v) is 28.1. The van der Waals surface area contributed by atoms with Crippen molar-refractivity contribution < 1.29 is 18.0 Å². The van der Waals surface area contributed by atoms with Crippen LogP contribution in [0, 0.1) is 0 Å². The van der Waals surface area contributed by atoms with Crippen molar-refractivity contribution in [1.29, 1.82) is 0 Å². The molecule has 0 spiro atoms. The average molecular weight is 718 g/mol. The fourth-order valence-electron chi connectivity index (χ4n) is 4.70. The molecule has 44 heavy (non-hydrogen) atoms. The molecule has 2 amide bonds. The second kappa shape index (κ2) is 15.1. The summed E-state index contributed by atoms with van der Waals surface area (Å²) in [4.78, 5) is 29.6. The lowest BCUT2D eigenvalue weighted by Crippen LogP contribution is -2.54. The molecule has 0 aliphatic heterocycles. The highest BCUT2D eigenvalue weighted by molar-refractivity contribution is 9.10. The lowest BCUT2D eigenvalue weighted by molar-refractivity contribution is -0.140. The van der Waals surface area contributed by atoms with Crippen LogP contribution in [0.3, 0.4) is 0 Å². The van der Waals surface area contributed by atoms with Gasteiger partial charge in [-0.3, -0.25) is 13.9 Å². The molecule has 4 aromatic rings. The number of carbonyl (C=O) groups is 2. The first-order valence-corrected chi connectivity index (χ1v) is 16.8. The van der Waals surface area contributed by atoms with E-state index in [0.717, 1.165) is 19.9 Å². The van der Waals surface area contributed by atoms with Gasteiger partial charge in [-0.25, -0.2) is 8.42 Å². The maximum Gasteiger partial charge on any atom is 0.264 e. The third-order valence-electron chi connectivity index (χ3n) is 6.69. The Morgan fingerprint density at radius 3 is 2.00 bits per heavy atom. The molecule has 7 nitrogen and oxygen atoms in total. The van der Waals surface area contributed by atoms with Gasteiger partial charge < -0.3 is 10.2 Å². The van der Waals surface area contributed by atoms with E-state index in [1.165, 1.54) is 35.2 Å². The van der Waals surface area contributed by atoms with Crippen LogP contribution < -0.4 is 9.62 Å². The van der Waals surface area contributed by atoms with Crippen molar-refractivity contribution in [3.8, 4) is 0 Å². The van der Waals surface area contributed by atoms with Crippen molar-refractivity contribution in [3.05, 3.63) is 129 Å². The van der Waals surface area contributed by atoms with Crippen LogP contribution in [-0.4, -0.2) is 43.8 Å². The Labute approximate surface area is 277 Å². The van der Waals surface area contributed by atoms with E-state index in [2.05, 4.69) is 21.2 Å². The molecule has 4 rings (SSSR count). The summed E-state index contributed by atoms with van der Waals surface area (Å²) in [5, 5.41) is 3.35. The van der Waals surface area contributed by atoms with Gasteiger partial charge in [-0.2, -0.15) is 0 Å². The number of sulfonamides is 1. The molecule has 0 heterocycles. The summed E-state index contributed by atoms with van der Waals surface area (Å²) in [6, 6.07) is 27.8. The minimum atomic E-state index is -4.26. The molecular weight excluding hydrogens is 685 g/mol. The molecular formula is C33H32BrCl2N3O4S. The fraction of sp³-hybridized carbons (Fsp3) is 0.212. The van der Waals surface area contributed by atoms with Crippen molar-refractivity contribution in [2.75, 3.05) is 10.8 Å². The Morgan fingerprint density at radius 1 is 0.818 bits per heavy atom. The molecule has 4 aromatic carbocycles. The van der Waals surface area contributed by atoms with Gasteiger partial charge in [0.15, 0.2) is 0 Å². The van der Waals surface area contributed by atoms with E-state index in [-0.39, 0.29) is 45.5 Å². The topological polar surface area (TPSA) is 86.8 Å². The summed E-state index contributed by atoms with van der Waals surface area (Å²) in [7, 11) is -4.26. The molecule has 1 N–H and O–H groups in total. The van der Waals surface area contributed by atoms with E-state index in [1.54, 1.807) is 18.2 Å². The van der Waals surface area contributed by atoms with Crippen LogP contribution in [-0.2, 0) is 32.6 Å². The molecule has 1 atom stereocenters. The Bertz CT molecular complexity index is 1690. The predicted molar refractivity (Wildman–Crippen MR) is 179 cm³/mol. The van der Waals surface area contributed by atoms with E-state index in [1.807, 2.05) is 68.4 Å². The second-order valence-corrected chi connectivity index (χ2v) is 14.1. The first-order chi connectivity index (χ1) is 20.9. The fourth-order valence-corrected chi connectivity index (χ4v) is 7.08. The highest BCUT2D eigenvalue weighted by Crippen LogP contribution is 2.30. The summed E-state index contributed by atoms with van der Waals surface area (Å²) in [6.07, 6.45) is 0.216. The molecule has 11 heteroatoms. The van der Waals surface area contributed by atoms with Crippen LogP contribution in [0.2, 0.25) is 10.0 Å². The number of nitrogens with zero attached hydrogens (tertiary/aromatic N) is 2. The first kappa shape index (κ1) is 33.5. The van der Waals surface area contributed by atoms with E-state index in [9.17, 15) is 18.0 Å². The van der Waals surface area contributed by atoms with Crippen molar-refractivity contribution >= 4 is 66.7 Å². The minimum Gasteiger partial charge on any atom is -0.352 e. The van der Waals surface area contributed by atoms with Crippen molar-refractivity contribution in [1.82, 2.24) is 10.2 Å². The van der Waals surface area contributed by atoms with Crippen LogP contribution in [0.4, 0.5) is 5.69 Å². The second-order valence-electron chi connectivity index (χ2n) is 10.5. The number of halogens is 3. The normalized spacial score (nSPS) is 12.0. The van der Waals surface area contributed by atoms with Gasteiger partial charge in [0.1, 0.15) is 12.6 Å². The Morgan fingerprint density at radius 2 is 1.41 bits per heavy atom. The maximum atomic E-state index is 14.4. The predicted octanol–water partition coefficient (Wildman–Crippen LogP) is 7.12. The van der Waals surface area contributed by atoms with Crippen molar-refractivity contribution in [2.24, 2.45) is 0 Å². The number of amides is 2. The molecule has 0 aliphatic rings. The van der Waals surface area contributed by atoms with E-state index >= 15 is 0 Å². The summed E-state index contributed by atoms with van der Waals surface area (Å²) in [5.41, 5.74) is 1.72. The highest BCUT2D eigenvalue weighted by atomic mass is 79.9. The van der Waals surface area contributed by atoms with Gasteiger partial charge in [0.25, 0.3) is 10.0 Å². The summed E-state index contributed by atoms with van der Waals surface area (Å²) < 4.78 is 29.9. The van der Waals surface area contributed by atoms with Crippen molar-refractivity contribution in [2.45, 2.75) is 43.8 Å². The molecule has 0 aromatic heterocycles. The Balaban J connectivity index is 1.82. The summed E-state index contributed by atoms with van der Waals surface area (Å²) in [5.74, 6) is -0.934. The van der Waals surface area contributed by atoms with Gasteiger partial charge in [0, 0.05) is 33.5 Å². The van der Waals surface area contributed by atoms with Gasteiger partial charge in [-0.15, -0.1) is 0 Å². The third-order valence-corrected chi connectivity index (χ3v) is 9.41. The van der Waals surface area contributed by atoms with E-state index in [4.69, 9.17) is 23.2 Å². The van der Waals surface area contributed by atoms with Crippen LogP contribution in [0.15, 0.2) is 112 Å². The lowest BCUT2D eigenvalue weighted by atomic mass is 10.0. The van der Waals surface area contributed by atoms with Gasteiger partial charge >= 0.3 is 0 Å². The van der Waals surface area contributed by atoms with E-state index < -0.39 is 28.5 Å². The molecule has 0 saturated carbocycles. The van der Waals surface area contributed by atoms with Gasteiger partial charge in [-0.1, -0.05) is 99.8 Å². The number of hydrogen-bond acceptors (Lipinski definition) is 4. The Hall–Kier alpha value is -3.37. The highest BCUT2D eigenvalue weighted by Gasteiger charge is 2.35. The summed E-state index contributed by atoms with van der Waals surface area (Å²) >= 11 is 16.0. The molecule has 0 aliphatic carbocycles. The smallest absolute Gasteiger partial charge is 0.264 e. The quantitative estimate of drug-likeness (QED) is 0.169. The van der Waals surface area contributed by atoms with Gasteiger partial charge in [-0.05, 0) is 67.4 Å². The van der Waals surface area contributed by atoms with Crippen LogP contribution >= 0.6 is 39.1 Å². The zero-order valence-electron chi connectivity index (χ0n) is 24.2. The maximum absolute atomic E-state index is 14.4. The number of hydrogen-bond donors (Lipinski definition) is 1. The number of anilines is 1. The van der Waals surface area contributed by atoms with E-state index in [0.29, 0.717) is 0 Å². The first-order valence-electron chi connectivity index (χ1n) is 13.9.